The van der Waals surface area contributed by atoms with Crippen LogP contribution in [0.1, 0.15) is 31.9 Å². The van der Waals surface area contributed by atoms with Crippen molar-refractivity contribution in [2.24, 2.45) is 7.05 Å². The van der Waals surface area contributed by atoms with Crippen molar-refractivity contribution >= 4 is 29.2 Å². The van der Waals surface area contributed by atoms with Gasteiger partial charge in [0.1, 0.15) is 17.1 Å². The van der Waals surface area contributed by atoms with Gasteiger partial charge in [-0.15, -0.1) is 0 Å². The van der Waals surface area contributed by atoms with Gasteiger partial charge in [0.15, 0.2) is 6.61 Å². The molecule has 0 bridgehead atoms. The zero-order chi connectivity index (χ0) is 22.5. The van der Waals surface area contributed by atoms with Crippen LogP contribution in [0.2, 0.25) is 10.0 Å². The van der Waals surface area contributed by atoms with Gasteiger partial charge in [-0.25, -0.2) is 4.79 Å². The number of hydrogen-bond donors (Lipinski definition) is 0. The summed E-state index contributed by atoms with van der Waals surface area (Å²) < 4.78 is 49.8. The molecule has 2 aromatic rings. The van der Waals surface area contributed by atoms with Gasteiger partial charge in [-0.3, -0.25) is 9.48 Å². The second kappa shape index (κ2) is 10.2. The number of carbonyl (C=O) groups is 1. The molecule has 0 saturated heterocycles. The lowest BCUT2D eigenvalue weighted by Gasteiger charge is -2.14. The second-order valence-electron chi connectivity index (χ2n) is 6.34. The molecule has 0 radical (unpaired) electrons. The average Bonchev–Trinajstić information content (AvgIpc) is 2.65. The molecule has 2 rings (SSSR count). The molecule has 0 aliphatic rings. The van der Waals surface area contributed by atoms with Crippen LogP contribution < -0.4 is 10.2 Å². The molecule has 0 spiro atoms. The van der Waals surface area contributed by atoms with Crippen molar-refractivity contribution in [2.75, 3.05) is 13.2 Å². The summed E-state index contributed by atoms with van der Waals surface area (Å²) in [6.45, 7) is 1.84. The van der Waals surface area contributed by atoms with E-state index in [9.17, 15) is 22.8 Å². The highest BCUT2D eigenvalue weighted by Crippen LogP contribution is 2.36. The van der Waals surface area contributed by atoms with Crippen LogP contribution in [0.4, 0.5) is 13.2 Å². The monoisotopic (exact) mass is 466 g/mol. The predicted octanol–water partition coefficient (Wildman–Crippen LogP) is 4.89. The number of carbonyl (C=O) groups excluding carboxylic acids is 1. The van der Waals surface area contributed by atoms with Crippen molar-refractivity contribution in [3.05, 3.63) is 44.2 Å². The molecule has 1 aromatic carbocycles. The van der Waals surface area contributed by atoms with Crippen LogP contribution in [0.3, 0.4) is 0 Å². The van der Waals surface area contributed by atoms with Crippen molar-refractivity contribution < 1.29 is 27.4 Å². The highest BCUT2D eigenvalue weighted by atomic mass is 35.5. The smallest absolute Gasteiger partial charge is 0.433 e. The zero-order valence-corrected chi connectivity index (χ0v) is 17.7. The number of unbranched alkanes of at least 4 members (excludes halogenated alkanes) is 2. The molecule has 0 aliphatic heterocycles. The van der Waals surface area contributed by atoms with Gasteiger partial charge < -0.3 is 9.47 Å². The molecule has 0 atom stereocenters. The van der Waals surface area contributed by atoms with Gasteiger partial charge in [0.05, 0.1) is 16.7 Å². The van der Waals surface area contributed by atoms with E-state index in [1.54, 1.807) is 0 Å². The van der Waals surface area contributed by atoms with Crippen LogP contribution in [-0.4, -0.2) is 29.0 Å². The van der Waals surface area contributed by atoms with Crippen LogP contribution in [0.15, 0.2) is 23.0 Å². The minimum Gasteiger partial charge on any atom is -0.480 e. The molecule has 164 valence electrons. The lowest BCUT2D eigenvalue weighted by molar-refractivity contribution is -0.146. The Kier molecular flexibility index (Phi) is 8.14. The molecule has 1 aromatic heterocycles. The molecule has 0 aliphatic carbocycles. The Morgan fingerprint density at radius 2 is 1.87 bits per heavy atom. The van der Waals surface area contributed by atoms with E-state index in [0.29, 0.717) is 10.7 Å². The lowest BCUT2D eigenvalue weighted by Crippen LogP contribution is -2.22. The molecule has 6 nitrogen and oxygen atoms in total. The Bertz CT molecular complexity index is 977. The van der Waals surface area contributed by atoms with Crippen molar-refractivity contribution in [3.8, 4) is 17.0 Å². The Hall–Kier alpha value is -2.26. The van der Waals surface area contributed by atoms with E-state index in [1.807, 2.05) is 6.92 Å². The summed E-state index contributed by atoms with van der Waals surface area (Å²) >= 11 is 12.2. The molecule has 11 heteroatoms. The number of ether oxygens (including phenoxy) is 2. The Labute approximate surface area is 180 Å². The SMILES string of the molecule is CCCCCOC(=O)COc1cc(-c2nn(C)c(C(F)(F)F)cc2=O)c(Cl)cc1Cl. The van der Waals surface area contributed by atoms with Crippen LogP contribution in [0, 0.1) is 0 Å². The van der Waals surface area contributed by atoms with Gasteiger partial charge in [-0.1, -0.05) is 43.0 Å². The summed E-state index contributed by atoms with van der Waals surface area (Å²) in [7, 11) is 1.06. The van der Waals surface area contributed by atoms with Crippen molar-refractivity contribution in [3.63, 3.8) is 0 Å². The standard InChI is InChI=1S/C19H19Cl2F3N2O4/c1-3-4-5-6-29-17(28)10-30-15-7-11(12(20)8-13(15)21)18-14(27)9-16(19(22,23)24)26(2)25-18/h7-9H,3-6,10H2,1-2H3. The molecule has 0 amide bonds. The summed E-state index contributed by atoms with van der Waals surface area (Å²) in [6, 6.07) is 2.92. The number of hydrogen-bond acceptors (Lipinski definition) is 5. The van der Waals surface area contributed by atoms with Crippen molar-refractivity contribution in [1.82, 2.24) is 9.78 Å². The zero-order valence-electron chi connectivity index (χ0n) is 16.2. The number of alkyl halides is 3. The number of aryl methyl sites for hydroxylation is 1. The van der Waals surface area contributed by atoms with Crippen LogP contribution >= 0.6 is 23.2 Å². The summed E-state index contributed by atoms with van der Waals surface area (Å²) in [5, 5.41) is 3.74. The van der Waals surface area contributed by atoms with Gasteiger partial charge in [0.2, 0.25) is 5.43 Å². The molecular formula is C19H19Cl2F3N2O4. The van der Waals surface area contributed by atoms with Crippen LogP contribution in [-0.2, 0) is 22.8 Å². The van der Waals surface area contributed by atoms with E-state index in [2.05, 4.69) is 5.10 Å². The number of benzene rings is 1. The normalized spacial score (nSPS) is 11.4. The van der Waals surface area contributed by atoms with Gasteiger partial charge >= 0.3 is 12.1 Å². The topological polar surface area (TPSA) is 70.4 Å². The van der Waals surface area contributed by atoms with Gasteiger partial charge in [0, 0.05) is 18.7 Å². The van der Waals surface area contributed by atoms with E-state index >= 15 is 0 Å². The first-order valence-corrected chi connectivity index (χ1v) is 9.73. The molecule has 30 heavy (non-hydrogen) atoms. The van der Waals surface area contributed by atoms with Crippen molar-refractivity contribution in [2.45, 2.75) is 32.4 Å². The minimum absolute atomic E-state index is 0.00493. The number of aromatic nitrogens is 2. The maximum Gasteiger partial charge on any atom is 0.433 e. The third kappa shape index (κ3) is 6.12. The first-order valence-electron chi connectivity index (χ1n) is 8.98. The quantitative estimate of drug-likeness (QED) is 0.409. The second-order valence-corrected chi connectivity index (χ2v) is 7.16. The maximum absolute atomic E-state index is 13.0. The van der Waals surface area contributed by atoms with Gasteiger partial charge in [0.25, 0.3) is 0 Å². The fraction of sp³-hybridized carbons (Fsp3) is 0.421. The Balaban J connectivity index is 2.26. The maximum atomic E-state index is 13.0. The van der Waals surface area contributed by atoms with Gasteiger partial charge in [-0.05, 0) is 18.6 Å². The number of rotatable bonds is 8. The van der Waals surface area contributed by atoms with Crippen LogP contribution in [0.5, 0.6) is 5.75 Å². The van der Waals surface area contributed by atoms with E-state index < -0.39 is 29.9 Å². The Morgan fingerprint density at radius 3 is 2.50 bits per heavy atom. The molecule has 0 saturated carbocycles. The first kappa shape index (κ1) is 24.0. The third-order valence-corrected chi connectivity index (χ3v) is 4.63. The molecule has 0 unspecified atom stereocenters. The first-order chi connectivity index (χ1) is 14.0. The average molecular weight is 467 g/mol. The molecular weight excluding hydrogens is 448 g/mol. The number of halogens is 5. The van der Waals surface area contributed by atoms with Gasteiger partial charge in [-0.2, -0.15) is 18.3 Å². The lowest BCUT2D eigenvalue weighted by atomic mass is 10.1. The minimum atomic E-state index is -4.74. The predicted molar refractivity (Wildman–Crippen MR) is 106 cm³/mol. The Morgan fingerprint density at radius 1 is 1.17 bits per heavy atom. The fourth-order valence-electron chi connectivity index (χ4n) is 2.53. The highest BCUT2D eigenvalue weighted by Gasteiger charge is 2.34. The number of nitrogens with zero attached hydrogens (tertiary/aromatic N) is 2. The summed E-state index contributed by atoms with van der Waals surface area (Å²) in [5.74, 6) is -0.604. The third-order valence-electron chi connectivity index (χ3n) is 4.02. The van der Waals surface area contributed by atoms with E-state index in [-0.39, 0.29) is 33.7 Å². The number of esters is 1. The summed E-state index contributed by atoms with van der Waals surface area (Å²) in [5.41, 5.74) is -2.49. The summed E-state index contributed by atoms with van der Waals surface area (Å²) in [4.78, 5) is 24.0. The van der Waals surface area contributed by atoms with Crippen LogP contribution in [0.25, 0.3) is 11.3 Å². The molecule has 0 fully saturated rings. The molecule has 0 N–H and O–H groups in total. The molecule has 1 heterocycles. The van der Waals surface area contributed by atoms with E-state index in [4.69, 9.17) is 32.7 Å². The van der Waals surface area contributed by atoms with E-state index in [0.717, 1.165) is 26.3 Å². The van der Waals surface area contributed by atoms with Crippen molar-refractivity contribution in [1.29, 1.82) is 0 Å². The largest absolute Gasteiger partial charge is 0.480 e. The highest BCUT2D eigenvalue weighted by molar-refractivity contribution is 6.37. The fourth-order valence-corrected chi connectivity index (χ4v) is 3.06. The summed E-state index contributed by atoms with van der Waals surface area (Å²) in [6.07, 6.45) is -2.10. The van der Waals surface area contributed by atoms with E-state index in [1.165, 1.54) is 12.1 Å².